The number of hydrogen-bond donors (Lipinski definition) is 0. The summed E-state index contributed by atoms with van der Waals surface area (Å²) in [6.45, 7) is 1.01. The molecule has 0 aliphatic heterocycles. The van der Waals surface area contributed by atoms with Crippen LogP contribution in [-0.2, 0) is 6.42 Å². The lowest BCUT2D eigenvalue weighted by Gasteiger charge is -2.08. The maximum absolute atomic E-state index is 10.8. The maximum atomic E-state index is 10.8. The van der Waals surface area contributed by atoms with E-state index in [1.165, 1.54) is 5.56 Å². The second-order valence-electron chi connectivity index (χ2n) is 3.52. The molecule has 76 valence electrons. The molecule has 0 N–H and O–H groups in total. The van der Waals surface area contributed by atoms with Crippen molar-refractivity contribution in [3.8, 4) is 0 Å². The number of carbonyl (C=O) groups is 1. The van der Waals surface area contributed by atoms with E-state index in [9.17, 15) is 4.79 Å². The minimum atomic E-state index is -0.399. The zero-order valence-electron chi connectivity index (χ0n) is 8.46. The van der Waals surface area contributed by atoms with Crippen LogP contribution < -0.4 is 0 Å². The van der Waals surface area contributed by atoms with Crippen LogP contribution in [0.15, 0.2) is 24.3 Å². The van der Waals surface area contributed by atoms with Crippen molar-refractivity contribution in [1.29, 1.82) is 0 Å². The van der Waals surface area contributed by atoms with Gasteiger partial charge >= 0.3 is 0 Å². The van der Waals surface area contributed by atoms with Crippen LogP contribution in [0.1, 0.15) is 15.9 Å². The van der Waals surface area contributed by atoms with Gasteiger partial charge in [0.25, 0.3) is 5.24 Å². The molecule has 0 fully saturated rings. The lowest BCUT2D eigenvalue weighted by Crippen LogP contribution is -2.14. The molecule has 0 spiro atoms. The summed E-state index contributed by atoms with van der Waals surface area (Å²) in [5.41, 5.74) is 1.78. The Morgan fingerprint density at radius 1 is 1.29 bits per heavy atom. The van der Waals surface area contributed by atoms with Gasteiger partial charge in [-0.15, -0.1) is 0 Å². The van der Waals surface area contributed by atoms with Crippen LogP contribution in [0, 0.1) is 0 Å². The average molecular weight is 212 g/mol. The molecule has 0 amide bonds. The first kappa shape index (κ1) is 11.2. The van der Waals surface area contributed by atoms with E-state index in [4.69, 9.17) is 11.6 Å². The highest BCUT2D eigenvalue weighted by Crippen LogP contribution is 2.07. The van der Waals surface area contributed by atoms with E-state index >= 15 is 0 Å². The third-order valence-electron chi connectivity index (χ3n) is 2.03. The van der Waals surface area contributed by atoms with E-state index in [0.717, 1.165) is 13.0 Å². The van der Waals surface area contributed by atoms with Crippen LogP contribution in [0.4, 0.5) is 0 Å². The standard InChI is InChI=1S/C11H14ClNO/c1-13(2)8-7-9-3-5-10(6-4-9)11(12)14/h3-6H,7-8H2,1-2H3. The maximum Gasteiger partial charge on any atom is 0.252 e. The Kier molecular flexibility index (Phi) is 4.11. The lowest BCUT2D eigenvalue weighted by atomic mass is 10.1. The molecule has 2 nitrogen and oxygen atoms in total. The molecule has 14 heavy (non-hydrogen) atoms. The van der Waals surface area contributed by atoms with Crippen molar-refractivity contribution < 1.29 is 4.79 Å². The van der Waals surface area contributed by atoms with Crippen molar-refractivity contribution in [3.05, 3.63) is 35.4 Å². The van der Waals surface area contributed by atoms with Crippen molar-refractivity contribution in [3.63, 3.8) is 0 Å². The smallest absolute Gasteiger partial charge is 0.252 e. The van der Waals surface area contributed by atoms with Gasteiger partial charge < -0.3 is 4.90 Å². The van der Waals surface area contributed by atoms with Crippen molar-refractivity contribution in [2.24, 2.45) is 0 Å². The molecule has 0 radical (unpaired) electrons. The van der Waals surface area contributed by atoms with Gasteiger partial charge in [-0.1, -0.05) is 12.1 Å². The van der Waals surface area contributed by atoms with Crippen LogP contribution in [0.3, 0.4) is 0 Å². The second kappa shape index (κ2) is 5.13. The first-order valence-corrected chi connectivity index (χ1v) is 4.91. The van der Waals surface area contributed by atoms with Crippen LogP contribution in [0.5, 0.6) is 0 Å². The average Bonchev–Trinajstić information content (AvgIpc) is 2.15. The van der Waals surface area contributed by atoms with E-state index in [1.54, 1.807) is 12.1 Å². The number of halogens is 1. The van der Waals surface area contributed by atoms with Crippen LogP contribution in [0.2, 0.25) is 0 Å². The zero-order valence-corrected chi connectivity index (χ0v) is 9.21. The van der Waals surface area contributed by atoms with E-state index in [2.05, 4.69) is 4.90 Å². The Morgan fingerprint density at radius 2 is 1.86 bits per heavy atom. The van der Waals surface area contributed by atoms with Crippen molar-refractivity contribution >= 4 is 16.8 Å². The Hall–Kier alpha value is -0.860. The van der Waals surface area contributed by atoms with Crippen molar-refractivity contribution in [1.82, 2.24) is 4.90 Å². The summed E-state index contributed by atoms with van der Waals surface area (Å²) in [6, 6.07) is 7.42. The second-order valence-corrected chi connectivity index (χ2v) is 3.87. The van der Waals surface area contributed by atoms with Gasteiger partial charge in [0.05, 0.1) is 0 Å². The van der Waals surface area contributed by atoms with Crippen LogP contribution in [0.25, 0.3) is 0 Å². The molecule has 0 saturated carbocycles. The van der Waals surface area contributed by atoms with E-state index in [-0.39, 0.29) is 0 Å². The zero-order chi connectivity index (χ0) is 10.6. The summed E-state index contributed by atoms with van der Waals surface area (Å²) >= 11 is 5.34. The SMILES string of the molecule is CN(C)CCc1ccc(C(=O)Cl)cc1. The number of rotatable bonds is 4. The first-order chi connectivity index (χ1) is 6.59. The van der Waals surface area contributed by atoms with Crippen LogP contribution in [-0.4, -0.2) is 30.8 Å². The number of nitrogens with zero attached hydrogens (tertiary/aromatic N) is 1. The van der Waals surface area contributed by atoms with Gasteiger partial charge in [-0.2, -0.15) is 0 Å². The molecule has 0 unspecified atom stereocenters. The molecule has 1 rings (SSSR count). The fourth-order valence-corrected chi connectivity index (χ4v) is 1.28. The molecule has 3 heteroatoms. The predicted molar refractivity (Wildman–Crippen MR) is 58.9 cm³/mol. The number of likely N-dealkylation sites (N-methyl/N-ethyl adjacent to an activating group) is 1. The topological polar surface area (TPSA) is 20.3 Å². The highest BCUT2D eigenvalue weighted by molar-refractivity contribution is 6.67. The van der Waals surface area contributed by atoms with Gasteiger partial charge in [-0.05, 0) is 49.8 Å². The molecule has 0 heterocycles. The minimum absolute atomic E-state index is 0.399. The lowest BCUT2D eigenvalue weighted by molar-refractivity contribution is 0.108. The summed E-state index contributed by atoms with van der Waals surface area (Å²) in [4.78, 5) is 12.9. The number of benzene rings is 1. The molecule has 0 saturated heterocycles. The fourth-order valence-electron chi connectivity index (χ4n) is 1.16. The molecule has 1 aromatic rings. The summed E-state index contributed by atoms with van der Waals surface area (Å²) in [5.74, 6) is 0. The van der Waals surface area contributed by atoms with Gasteiger partial charge in [0, 0.05) is 12.1 Å². The summed E-state index contributed by atoms with van der Waals surface area (Å²) in [6.07, 6.45) is 0.990. The van der Waals surface area contributed by atoms with Gasteiger partial charge in [-0.25, -0.2) is 0 Å². The molecule has 0 atom stereocenters. The van der Waals surface area contributed by atoms with Crippen molar-refractivity contribution in [2.45, 2.75) is 6.42 Å². The third-order valence-corrected chi connectivity index (χ3v) is 2.25. The quantitative estimate of drug-likeness (QED) is 0.712. The molecule has 0 aromatic heterocycles. The third kappa shape index (κ3) is 3.48. The highest BCUT2D eigenvalue weighted by Gasteiger charge is 2.00. The number of carbonyl (C=O) groups excluding carboxylic acids is 1. The normalized spacial score (nSPS) is 10.6. The van der Waals surface area contributed by atoms with Gasteiger partial charge in [0.1, 0.15) is 0 Å². The predicted octanol–water partition coefficient (Wildman–Crippen LogP) is 2.17. The summed E-state index contributed by atoms with van der Waals surface area (Å²) in [5, 5.41) is -0.399. The first-order valence-electron chi connectivity index (χ1n) is 4.53. The Bertz CT molecular complexity index is 306. The van der Waals surface area contributed by atoms with Crippen LogP contribution >= 0.6 is 11.6 Å². The van der Waals surface area contributed by atoms with E-state index in [1.807, 2.05) is 26.2 Å². The van der Waals surface area contributed by atoms with Crippen molar-refractivity contribution in [2.75, 3.05) is 20.6 Å². The Balaban J connectivity index is 2.60. The summed E-state index contributed by atoms with van der Waals surface area (Å²) in [7, 11) is 4.08. The molecule has 0 aliphatic carbocycles. The highest BCUT2D eigenvalue weighted by atomic mass is 35.5. The molecular weight excluding hydrogens is 198 g/mol. The molecular formula is C11H14ClNO. The van der Waals surface area contributed by atoms with Gasteiger partial charge in [0.15, 0.2) is 0 Å². The van der Waals surface area contributed by atoms with E-state index in [0.29, 0.717) is 5.56 Å². The van der Waals surface area contributed by atoms with E-state index < -0.39 is 5.24 Å². The number of hydrogen-bond acceptors (Lipinski definition) is 2. The fraction of sp³-hybridized carbons (Fsp3) is 0.364. The molecule has 0 aliphatic rings. The summed E-state index contributed by atoms with van der Waals surface area (Å²) < 4.78 is 0. The van der Waals surface area contributed by atoms with Gasteiger partial charge in [0.2, 0.25) is 0 Å². The minimum Gasteiger partial charge on any atom is -0.309 e. The van der Waals surface area contributed by atoms with Gasteiger partial charge in [-0.3, -0.25) is 4.79 Å². The molecule has 1 aromatic carbocycles. The monoisotopic (exact) mass is 211 g/mol. The largest absolute Gasteiger partial charge is 0.309 e. The molecule has 0 bridgehead atoms. The Morgan fingerprint density at radius 3 is 2.29 bits per heavy atom. The Labute approximate surface area is 89.5 Å².